The zero-order chi connectivity index (χ0) is 12.3. The molecular weight excluding hydrogens is 212 g/mol. The van der Waals surface area contributed by atoms with Crippen molar-refractivity contribution in [3.8, 4) is 0 Å². The minimum absolute atomic E-state index is 0.00275. The van der Waals surface area contributed by atoms with E-state index in [1.54, 1.807) is 6.08 Å². The first-order chi connectivity index (χ1) is 8.20. The van der Waals surface area contributed by atoms with Crippen molar-refractivity contribution >= 4 is 16.8 Å². The zero-order valence-corrected chi connectivity index (χ0v) is 9.94. The number of aromatic nitrogens is 1. The Bertz CT molecular complexity index is 554. The van der Waals surface area contributed by atoms with Gasteiger partial charge in [-0.2, -0.15) is 0 Å². The molecule has 0 fully saturated rings. The lowest BCUT2D eigenvalue weighted by Crippen LogP contribution is -2.27. The Morgan fingerprint density at radius 1 is 1.47 bits per heavy atom. The van der Waals surface area contributed by atoms with Crippen molar-refractivity contribution in [3.63, 3.8) is 0 Å². The summed E-state index contributed by atoms with van der Waals surface area (Å²) in [6.07, 6.45) is 3.62. The Balaban J connectivity index is 2.19. The van der Waals surface area contributed by atoms with Crippen molar-refractivity contribution in [1.82, 2.24) is 9.88 Å². The highest BCUT2D eigenvalue weighted by atomic mass is 16.1. The molecule has 3 nitrogen and oxygen atoms in total. The SMILES string of the molecule is C=CCNC(=O)Cn1ccc2cc(C)ccc21. The number of carbonyl (C=O) groups excluding carboxylic acids is 1. The summed E-state index contributed by atoms with van der Waals surface area (Å²) < 4.78 is 1.95. The third-order valence-corrected chi connectivity index (χ3v) is 2.68. The molecule has 0 aliphatic rings. The van der Waals surface area contributed by atoms with Gasteiger partial charge in [0.15, 0.2) is 0 Å². The molecule has 0 atom stereocenters. The van der Waals surface area contributed by atoms with E-state index < -0.39 is 0 Å². The molecule has 0 saturated carbocycles. The van der Waals surface area contributed by atoms with Crippen LogP contribution in [0.2, 0.25) is 0 Å². The summed E-state index contributed by atoms with van der Waals surface area (Å²) in [5.74, 6) is 0.00275. The van der Waals surface area contributed by atoms with Crippen LogP contribution in [0.25, 0.3) is 10.9 Å². The number of nitrogens with zero attached hydrogens (tertiary/aromatic N) is 1. The molecule has 0 saturated heterocycles. The van der Waals surface area contributed by atoms with Crippen molar-refractivity contribution < 1.29 is 4.79 Å². The highest BCUT2D eigenvalue weighted by Crippen LogP contribution is 2.17. The summed E-state index contributed by atoms with van der Waals surface area (Å²) in [5.41, 5.74) is 2.32. The second kappa shape index (κ2) is 4.87. The van der Waals surface area contributed by atoms with Crippen molar-refractivity contribution in [2.75, 3.05) is 6.54 Å². The van der Waals surface area contributed by atoms with E-state index in [1.165, 1.54) is 10.9 Å². The molecule has 1 aromatic carbocycles. The van der Waals surface area contributed by atoms with E-state index in [2.05, 4.69) is 31.0 Å². The fourth-order valence-corrected chi connectivity index (χ4v) is 1.85. The van der Waals surface area contributed by atoms with Crippen LogP contribution in [-0.2, 0) is 11.3 Å². The Labute approximate surface area is 101 Å². The van der Waals surface area contributed by atoms with Crippen LogP contribution in [0.15, 0.2) is 43.1 Å². The van der Waals surface area contributed by atoms with E-state index >= 15 is 0 Å². The van der Waals surface area contributed by atoms with Crippen molar-refractivity contribution in [1.29, 1.82) is 0 Å². The summed E-state index contributed by atoms with van der Waals surface area (Å²) in [6.45, 7) is 6.49. The lowest BCUT2D eigenvalue weighted by Gasteiger charge is -2.05. The smallest absolute Gasteiger partial charge is 0.240 e. The zero-order valence-electron chi connectivity index (χ0n) is 9.94. The lowest BCUT2D eigenvalue weighted by molar-refractivity contribution is -0.121. The molecule has 0 bridgehead atoms. The van der Waals surface area contributed by atoms with Crippen LogP contribution >= 0.6 is 0 Å². The first kappa shape index (κ1) is 11.5. The standard InChI is InChI=1S/C14H16N2O/c1-3-7-15-14(17)10-16-8-6-12-9-11(2)4-5-13(12)16/h3-6,8-9H,1,7,10H2,2H3,(H,15,17). The normalized spacial score (nSPS) is 10.4. The van der Waals surface area contributed by atoms with Crippen LogP contribution in [0.4, 0.5) is 0 Å². The van der Waals surface area contributed by atoms with Gasteiger partial charge in [0.1, 0.15) is 6.54 Å². The van der Waals surface area contributed by atoms with Crippen LogP contribution in [0.5, 0.6) is 0 Å². The van der Waals surface area contributed by atoms with Crippen molar-refractivity contribution in [3.05, 3.63) is 48.7 Å². The quantitative estimate of drug-likeness (QED) is 0.800. The van der Waals surface area contributed by atoms with Gasteiger partial charge in [-0.3, -0.25) is 4.79 Å². The molecule has 1 N–H and O–H groups in total. The summed E-state index contributed by atoms with van der Waals surface area (Å²) in [4.78, 5) is 11.6. The van der Waals surface area contributed by atoms with Gasteiger partial charge in [0.25, 0.3) is 0 Å². The Morgan fingerprint density at radius 3 is 3.06 bits per heavy atom. The van der Waals surface area contributed by atoms with Gasteiger partial charge in [0.2, 0.25) is 5.91 Å². The number of carbonyl (C=O) groups is 1. The van der Waals surface area contributed by atoms with Gasteiger partial charge in [-0.15, -0.1) is 6.58 Å². The molecule has 0 aliphatic carbocycles. The third kappa shape index (κ3) is 2.56. The minimum atomic E-state index is 0.00275. The molecule has 3 heteroatoms. The molecule has 0 radical (unpaired) electrons. The number of hydrogen-bond donors (Lipinski definition) is 1. The number of rotatable bonds is 4. The molecule has 1 amide bonds. The van der Waals surface area contributed by atoms with Crippen LogP contribution in [-0.4, -0.2) is 17.0 Å². The Morgan fingerprint density at radius 2 is 2.29 bits per heavy atom. The number of fused-ring (bicyclic) bond motifs is 1. The third-order valence-electron chi connectivity index (χ3n) is 2.68. The van der Waals surface area contributed by atoms with Gasteiger partial charge in [-0.05, 0) is 30.5 Å². The largest absolute Gasteiger partial charge is 0.351 e. The molecule has 1 aromatic heterocycles. The highest BCUT2D eigenvalue weighted by molar-refractivity contribution is 5.83. The van der Waals surface area contributed by atoms with E-state index in [4.69, 9.17) is 0 Å². The van der Waals surface area contributed by atoms with Crippen LogP contribution < -0.4 is 5.32 Å². The summed E-state index contributed by atoms with van der Waals surface area (Å²) in [6, 6.07) is 8.25. The van der Waals surface area contributed by atoms with Gasteiger partial charge in [0.05, 0.1) is 0 Å². The average molecular weight is 228 g/mol. The Kier molecular flexibility index (Phi) is 3.28. The fraction of sp³-hybridized carbons (Fsp3) is 0.214. The maximum Gasteiger partial charge on any atom is 0.240 e. The van der Waals surface area contributed by atoms with Crippen LogP contribution in [0, 0.1) is 6.92 Å². The molecule has 88 valence electrons. The first-order valence-corrected chi connectivity index (χ1v) is 5.64. The van der Waals surface area contributed by atoms with Gasteiger partial charge >= 0.3 is 0 Å². The van der Waals surface area contributed by atoms with E-state index in [1.807, 2.05) is 22.9 Å². The second-order valence-corrected chi connectivity index (χ2v) is 4.10. The molecule has 2 aromatic rings. The number of aryl methyl sites for hydroxylation is 1. The number of hydrogen-bond acceptors (Lipinski definition) is 1. The van der Waals surface area contributed by atoms with Crippen molar-refractivity contribution in [2.24, 2.45) is 0 Å². The van der Waals surface area contributed by atoms with E-state index in [0.717, 1.165) is 5.52 Å². The Hall–Kier alpha value is -2.03. The van der Waals surface area contributed by atoms with Crippen LogP contribution in [0.1, 0.15) is 5.56 Å². The molecular formula is C14H16N2O. The van der Waals surface area contributed by atoms with Gasteiger partial charge in [-0.25, -0.2) is 0 Å². The minimum Gasteiger partial charge on any atom is -0.351 e. The molecule has 0 spiro atoms. The van der Waals surface area contributed by atoms with Gasteiger partial charge in [0, 0.05) is 18.3 Å². The van der Waals surface area contributed by atoms with E-state index in [-0.39, 0.29) is 5.91 Å². The molecule has 2 rings (SSSR count). The average Bonchev–Trinajstić information content (AvgIpc) is 2.69. The first-order valence-electron chi connectivity index (χ1n) is 5.64. The summed E-state index contributed by atoms with van der Waals surface area (Å²) in [7, 11) is 0. The maximum absolute atomic E-state index is 11.6. The van der Waals surface area contributed by atoms with E-state index in [9.17, 15) is 4.79 Å². The van der Waals surface area contributed by atoms with Crippen LogP contribution in [0.3, 0.4) is 0 Å². The van der Waals surface area contributed by atoms with Gasteiger partial charge < -0.3 is 9.88 Å². The molecule has 0 unspecified atom stereocenters. The topological polar surface area (TPSA) is 34.0 Å². The summed E-state index contributed by atoms with van der Waals surface area (Å²) in [5, 5.41) is 3.94. The number of benzene rings is 1. The predicted molar refractivity (Wildman–Crippen MR) is 69.9 cm³/mol. The number of amides is 1. The monoisotopic (exact) mass is 228 g/mol. The van der Waals surface area contributed by atoms with Crippen molar-refractivity contribution in [2.45, 2.75) is 13.5 Å². The lowest BCUT2D eigenvalue weighted by atomic mass is 10.2. The predicted octanol–water partition coefficient (Wildman–Crippen LogP) is 2.25. The van der Waals surface area contributed by atoms with E-state index in [0.29, 0.717) is 13.1 Å². The summed E-state index contributed by atoms with van der Waals surface area (Å²) >= 11 is 0. The fourth-order valence-electron chi connectivity index (χ4n) is 1.85. The van der Waals surface area contributed by atoms with Gasteiger partial charge in [-0.1, -0.05) is 17.7 Å². The molecule has 1 heterocycles. The highest BCUT2D eigenvalue weighted by Gasteiger charge is 2.05. The number of nitrogens with one attached hydrogen (secondary N) is 1. The maximum atomic E-state index is 11.6. The second-order valence-electron chi connectivity index (χ2n) is 4.10. The molecule has 17 heavy (non-hydrogen) atoms. The molecule has 0 aliphatic heterocycles.